The van der Waals surface area contributed by atoms with E-state index in [1.165, 1.54) is 7.11 Å². The van der Waals surface area contributed by atoms with Gasteiger partial charge in [0.1, 0.15) is 0 Å². The Balaban J connectivity index is 2.23. The maximum atomic E-state index is 11.4. The van der Waals surface area contributed by atoms with Gasteiger partial charge in [0.25, 0.3) is 10.2 Å². The summed E-state index contributed by atoms with van der Waals surface area (Å²) in [4.78, 5) is 0. The Morgan fingerprint density at radius 2 is 2.07 bits per heavy atom. The van der Waals surface area contributed by atoms with Gasteiger partial charge in [0.05, 0.1) is 6.61 Å². The van der Waals surface area contributed by atoms with Gasteiger partial charge in [-0.1, -0.05) is 0 Å². The van der Waals surface area contributed by atoms with Gasteiger partial charge >= 0.3 is 0 Å². The summed E-state index contributed by atoms with van der Waals surface area (Å²) in [7, 11) is -1.90. The lowest BCUT2D eigenvalue weighted by atomic mass is 9.78. The number of ether oxygens (including phenoxy) is 1. The van der Waals surface area contributed by atoms with Crippen LogP contribution in [0.4, 0.5) is 0 Å². The highest BCUT2D eigenvalue weighted by molar-refractivity contribution is 7.87. The first kappa shape index (κ1) is 12.9. The molecule has 0 saturated heterocycles. The maximum Gasteiger partial charge on any atom is 0.277 e. The van der Waals surface area contributed by atoms with Crippen LogP contribution in [0.1, 0.15) is 19.3 Å². The molecule has 1 aliphatic rings. The summed E-state index contributed by atoms with van der Waals surface area (Å²) in [6.45, 7) is 0.924. The van der Waals surface area contributed by atoms with E-state index in [-0.39, 0.29) is 12.1 Å². The standard InChI is InChI=1S/C8H19N3O3S/c1-14-6-5-10-15(12,13)11-7-8(9)3-2-4-8/h10-11H,2-7,9H2,1H3. The van der Waals surface area contributed by atoms with Crippen LogP contribution in [0.3, 0.4) is 0 Å². The van der Waals surface area contributed by atoms with Crippen molar-refractivity contribution in [3.8, 4) is 0 Å². The molecule has 0 aromatic carbocycles. The fourth-order valence-corrected chi connectivity index (χ4v) is 2.31. The average molecular weight is 237 g/mol. The third-order valence-electron chi connectivity index (χ3n) is 2.56. The number of nitrogens with two attached hydrogens (primary N) is 1. The van der Waals surface area contributed by atoms with Gasteiger partial charge in [0.2, 0.25) is 0 Å². The Labute approximate surface area is 90.7 Å². The number of hydrogen-bond donors (Lipinski definition) is 3. The van der Waals surface area contributed by atoms with Crippen molar-refractivity contribution in [2.45, 2.75) is 24.8 Å². The molecule has 6 nitrogen and oxygen atoms in total. The normalized spacial score (nSPS) is 19.9. The van der Waals surface area contributed by atoms with E-state index >= 15 is 0 Å². The van der Waals surface area contributed by atoms with Gasteiger partial charge in [-0.15, -0.1) is 0 Å². The first-order chi connectivity index (χ1) is 6.97. The predicted octanol–water partition coefficient (Wildman–Crippen LogP) is -1.06. The molecule has 4 N–H and O–H groups in total. The highest BCUT2D eigenvalue weighted by Crippen LogP contribution is 2.28. The molecule has 0 radical (unpaired) electrons. The van der Waals surface area contributed by atoms with Gasteiger partial charge in [-0.2, -0.15) is 13.1 Å². The lowest BCUT2D eigenvalue weighted by Crippen LogP contribution is -2.56. The molecule has 90 valence electrons. The Kier molecular flexibility index (Phi) is 4.47. The third-order valence-corrected chi connectivity index (χ3v) is 3.67. The van der Waals surface area contributed by atoms with Crippen LogP contribution in [0, 0.1) is 0 Å². The van der Waals surface area contributed by atoms with E-state index in [1.54, 1.807) is 0 Å². The molecule has 0 aromatic rings. The second-order valence-electron chi connectivity index (χ2n) is 3.93. The predicted molar refractivity (Wildman–Crippen MR) is 57.6 cm³/mol. The first-order valence-corrected chi connectivity index (χ1v) is 6.48. The van der Waals surface area contributed by atoms with Gasteiger partial charge in [-0.25, -0.2) is 4.72 Å². The molecule has 0 heterocycles. The lowest BCUT2D eigenvalue weighted by Gasteiger charge is -2.37. The van der Waals surface area contributed by atoms with Crippen molar-refractivity contribution >= 4 is 10.2 Å². The molecule has 0 atom stereocenters. The Hall–Kier alpha value is -0.210. The second-order valence-corrected chi connectivity index (χ2v) is 5.51. The molecule has 0 bridgehead atoms. The third kappa shape index (κ3) is 4.43. The summed E-state index contributed by atoms with van der Waals surface area (Å²) in [6.07, 6.45) is 2.84. The highest BCUT2D eigenvalue weighted by atomic mass is 32.2. The van der Waals surface area contributed by atoms with Crippen LogP contribution < -0.4 is 15.2 Å². The zero-order chi connectivity index (χ0) is 11.4. The van der Waals surface area contributed by atoms with Crippen molar-refractivity contribution in [3.05, 3.63) is 0 Å². The zero-order valence-electron chi connectivity index (χ0n) is 8.95. The lowest BCUT2D eigenvalue weighted by molar-refractivity contribution is 0.204. The van der Waals surface area contributed by atoms with E-state index in [9.17, 15) is 8.42 Å². The van der Waals surface area contributed by atoms with Crippen molar-refractivity contribution < 1.29 is 13.2 Å². The van der Waals surface area contributed by atoms with Crippen molar-refractivity contribution in [1.82, 2.24) is 9.44 Å². The molecule has 0 amide bonds. The van der Waals surface area contributed by atoms with Gasteiger partial charge in [-0.3, -0.25) is 0 Å². The topological polar surface area (TPSA) is 93.4 Å². The largest absolute Gasteiger partial charge is 0.383 e. The fourth-order valence-electron chi connectivity index (χ4n) is 1.38. The fraction of sp³-hybridized carbons (Fsp3) is 1.00. The second kappa shape index (κ2) is 5.22. The van der Waals surface area contributed by atoms with Crippen LogP contribution in [0.5, 0.6) is 0 Å². The highest BCUT2D eigenvalue weighted by Gasteiger charge is 2.33. The summed E-state index contributed by atoms with van der Waals surface area (Å²) in [5, 5.41) is 0. The van der Waals surface area contributed by atoms with Crippen molar-refractivity contribution in [1.29, 1.82) is 0 Å². The SMILES string of the molecule is COCCNS(=O)(=O)NCC1(N)CCC1. The van der Waals surface area contributed by atoms with Gasteiger partial charge in [0, 0.05) is 25.7 Å². The molecule has 1 aliphatic carbocycles. The molecule has 0 unspecified atom stereocenters. The maximum absolute atomic E-state index is 11.4. The van der Waals surface area contributed by atoms with Crippen molar-refractivity contribution in [2.75, 3.05) is 26.8 Å². The molecule has 0 aromatic heterocycles. The van der Waals surface area contributed by atoms with Crippen LogP contribution in [0.25, 0.3) is 0 Å². The number of rotatable bonds is 7. The molecular weight excluding hydrogens is 218 g/mol. The molecule has 0 spiro atoms. The molecule has 1 fully saturated rings. The molecular formula is C8H19N3O3S. The molecule has 7 heteroatoms. The summed E-state index contributed by atoms with van der Waals surface area (Å²) < 4.78 is 32.3. The summed E-state index contributed by atoms with van der Waals surface area (Å²) >= 11 is 0. The molecule has 1 saturated carbocycles. The summed E-state index contributed by atoms with van der Waals surface area (Å²) in [5.41, 5.74) is 5.55. The Bertz CT molecular complexity index is 288. The van der Waals surface area contributed by atoms with E-state index in [1.807, 2.05) is 0 Å². The zero-order valence-corrected chi connectivity index (χ0v) is 9.77. The number of nitrogens with one attached hydrogen (secondary N) is 2. The minimum absolute atomic E-state index is 0.267. The minimum Gasteiger partial charge on any atom is -0.383 e. The summed E-state index contributed by atoms with van der Waals surface area (Å²) in [5.74, 6) is 0. The summed E-state index contributed by atoms with van der Waals surface area (Å²) in [6, 6.07) is 0. The van der Waals surface area contributed by atoms with E-state index in [0.717, 1.165) is 19.3 Å². The van der Waals surface area contributed by atoms with Crippen molar-refractivity contribution in [3.63, 3.8) is 0 Å². The Morgan fingerprint density at radius 3 is 2.53 bits per heavy atom. The van der Waals surface area contributed by atoms with Gasteiger partial charge in [-0.05, 0) is 19.3 Å². The van der Waals surface area contributed by atoms with Crippen LogP contribution >= 0.6 is 0 Å². The molecule has 15 heavy (non-hydrogen) atoms. The Morgan fingerprint density at radius 1 is 1.40 bits per heavy atom. The minimum atomic E-state index is -3.42. The van der Waals surface area contributed by atoms with E-state index in [2.05, 4.69) is 9.44 Å². The molecule has 0 aliphatic heterocycles. The monoisotopic (exact) mass is 237 g/mol. The quantitative estimate of drug-likeness (QED) is 0.492. The number of methoxy groups -OCH3 is 1. The van der Waals surface area contributed by atoms with E-state index < -0.39 is 10.2 Å². The van der Waals surface area contributed by atoms with Crippen LogP contribution in [-0.2, 0) is 14.9 Å². The smallest absolute Gasteiger partial charge is 0.277 e. The van der Waals surface area contributed by atoms with Gasteiger partial charge in [0.15, 0.2) is 0 Å². The van der Waals surface area contributed by atoms with Gasteiger partial charge < -0.3 is 10.5 Å². The van der Waals surface area contributed by atoms with Crippen molar-refractivity contribution in [2.24, 2.45) is 5.73 Å². The van der Waals surface area contributed by atoms with E-state index in [0.29, 0.717) is 13.2 Å². The number of hydrogen-bond acceptors (Lipinski definition) is 4. The van der Waals surface area contributed by atoms with Crippen LogP contribution in [-0.4, -0.2) is 40.8 Å². The van der Waals surface area contributed by atoms with Crippen LogP contribution in [0.15, 0.2) is 0 Å². The average Bonchev–Trinajstić information content (AvgIpc) is 2.12. The van der Waals surface area contributed by atoms with Crippen LogP contribution in [0.2, 0.25) is 0 Å². The van der Waals surface area contributed by atoms with E-state index in [4.69, 9.17) is 10.5 Å². The first-order valence-electron chi connectivity index (χ1n) is 4.99. The molecule has 1 rings (SSSR count).